The molecule has 1 aliphatic rings. The molecule has 0 bridgehead atoms. The zero-order valence-electron chi connectivity index (χ0n) is 12.5. The van der Waals surface area contributed by atoms with Crippen LogP contribution in [-0.4, -0.2) is 11.5 Å². The molecule has 0 radical (unpaired) electrons. The predicted octanol–water partition coefficient (Wildman–Crippen LogP) is 4.07. The lowest BCUT2D eigenvalue weighted by Gasteiger charge is -2.13. The topological polar surface area (TPSA) is 24.9 Å². The summed E-state index contributed by atoms with van der Waals surface area (Å²) in [7, 11) is 0. The van der Waals surface area contributed by atoms with Crippen molar-refractivity contribution in [3.63, 3.8) is 0 Å². The molecule has 1 saturated carbocycles. The van der Waals surface area contributed by atoms with Gasteiger partial charge in [-0.1, -0.05) is 31.5 Å². The van der Waals surface area contributed by atoms with E-state index in [1.54, 1.807) is 0 Å². The van der Waals surface area contributed by atoms with Gasteiger partial charge in [-0.2, -0.15) is 0 Å². The highest BCUT2D eigenvalue weighted by Crippen LogP contribution is 2.29. The molecule has 1 N–H and O–H groups in total. The van der Waals surface area contributed by atoms with Crippen molar-refractivity contribution in [2.24, 2.45) is 11.8 Å². The number of pyridine rings is 1. The second kappa shape index (κ2) is 5.92. The van der Waals surface area contributed by atoms with Crippen LogP contribution in [0.25, 0.3) is 10.9 Å². The monoisotopic (exact) mass is 268 g/mol. The third kappa shape index (κ3) is 3.01. The third-order valence-electron chi connectivity index (χ3n) is 4.48. The van der Waals surface area contributed by atoms with Gasteiger partial charge in [0.2, 0.25) is 0 Å². The fourth-order valence-corrected chi connectivity index (χ4v) is 3.46. The Morgan fingerprint density at radius 3 is 2.90 bits per heavy atom. The Morgan fingerprint density at radius 2 is 2.10 bits per heavy atom. The zero-order chi connectivity index (χ0) is 13.9. The van der Waals surface area contributed by atoms with E-state index in [1.165, 1.54) is 30.2 Å². The van der Waals surface area contributed by atoms with Crippen molar-refractivity contribution in [3.05, 3.63) is 41.6 Å². The Hall–Kier alpha value is -1.41. The standard InChI is InChI=1S/C18H24N2/c1-13-7-8-15(9-13)11-19-12-16-10-14(2)20-18-6-4-3-5-17(16)18/h3-6,10,13,15,19H,7-9,11-12H2,1-2H3. The fraction of sp³-hybridized carbons (Fsp3) is 0.500. The van der Waals surface area contributed by atoms with E-state index in [1.807, 2.05) is 0 Å². The van der Waals surface area contributed by atoms with Crippen LogP contribution in [-0.2, 0) is 6.54 Å². The average Bonchev–Trinajstić information content (AvgIpc) is 2.84. The maximum atomic E-state index is 4.60. The molecule has 2 nitrogen and oxygen atoms in total. The zero-order valence-corrected chi connectivity index (χ0v) is 12.5. The molecule has 1 heterocycles. The van der Waals surface area contributed by atoms with Crippen molar-refractivity contribution >= 4 is 10.9 Å². The molecule has 0 spiro atoms. The number of nitrogens with one attached hydrogen (secondary N) is 1. The molecule has 1 aliphatic carbocycles. The summed E-state index contributed by atoms with van der Waals surface area (Å²) in [6, 6.07) is 10.7. The van der Waals surface area contributed by atoms with Crippen LogP contribution in [0.1, 0.15) is 37.4 Å². The molecule has 0 aliphatic heterocycles. The van der Waals surface area contributed by atoms with E-state index >= 15 is 0 Å². The Labute approximate surface area is 121 Å². The van der Waals surface area contributed by atoms with E-state index in [9.17, 15) is 0 Å². The summed E-state index contributed by atoms with van der Waals surface area (Å²) in [5.74, 6) is 1.80. The van der Waals surface area contributed by atoms with Crippen LogP contribution < -0.4 is 5.32 Å². The Balaban J connectivity index is 1.68. The normalized spacial score (nSPS) is 22.5. The highest BCUT2D eigenvalue weighted by molar-refractivity contribution is 5.82. The average molecular weight is 268 g/mol. The number of hydrogen-bond acceptors (Lipinski definition) is 2. The van der Waals surface area contributed by atoms with Crippen molar-refractivity contribution in [2.45, 2.75) is 39.7 Å². The number of para-hydroxylation sites is 1. The second-order valence-electron chi connectivity index (χ2n) is 6.36. The molecular formula is C18H24N2. The lowest BCUT2D eigenvalue weighted by molar-refractivity contribution is 0.471. The van der Waals surface area contributed by atoms with Crippen molar-refractivity contribution < 1.29 is 0 Å². The maximum Gasteiger partial charge on any atom is 0.0708 e. The van der Waals surface area contributed by atoms with Gasteiger partial charge in [0.25, 0.3) is 0 Å². The number of benzene rings is 1. The van der Waals surface area contributed by atoms with E-state index < -0.39 is 0 Å². The van der Waals surface area contributed by atoms with Gasteiger partial charge in [0.05, 0.1) is 5.52 Å². The highest BCUT2D eigenvalue weighted by atomic mass is 14.9. The van der Waals surface area contributed by atoms with E-state index in [4.69, 9.17) is 0 Å². The number of rotatable bonds is 4. The largest absolute Gasteiger partial charge is 0.312 e. The molecule has 0 amide bonds. The summed E-state index contributed by atoms with van der Waals surface area (Å²) < 4.78 is 0. The quantitative estimate of drug-likeness (QED) is 0.904. The first-order valence-corrected chi connectivity index (χ1v) is 7.78. The fourth-order valence-electron chi connectivity index (χ4n) is 3.46. The molecule has 20 heavy (non-hydrogen) atoms. The minimum absolute atomic E-state index is 0.874. The summed E-state index contributed by atoms with van der Waals surface area (Å²) in [5, 5.41) is 4.94. The Morgan fingerprint density at radius 1 is 1.25 bits per heavy atom. The van der Waals surface area contributed by atoms with Crippen LogP contribution in [0.3, 0.4) is 0 Å². The highest BCUT2D eigenvalue weighted by Gasteiger charge is 2.20. The van der Waals surface area contributed by atoms with Crippen molar-refractivity contribution in [1.29, 1.82) is 0 Å². The van der Waals surface area contributed by atoms with Crippen molar-refractivity contribution in [3.8, 4) is 0 Å². The van der Waals surface area contributed by atoms with Gasteiger partial charge < -0.3 is 5.32 Å². The maximum absolute atomic E-state index is 4.60. The summed E-state index contributed by atoms with van der Waals surface area (Å²) in [6.07, 6.45) is 4.19. The van der Waals surface area contributed by atoms with Crippen LogP contribution in [0.15, 0.2) is 30.3 Å². The van der Waals surface area contributed by atoms with Gasteiger partial charge in [0.15, 0.2) is 0 Å². The van der Waals surface area contributed by atoms with Crippen LogP contribution in [0.5, 0.6) is 0 Å². The van der Waals surface area contributed by atoms with Gasteiger partial charge in [-0.3, -0.25) is 4.98 Å². The van der Waals surface area contributed by atoms with E-state index in [-0.39, 0.29) is 0 Å². The molecular weight excluding hydrogens is 244 g/mol. The molecule has 3 rings (SSSR count). The van der Waals surface area contributed by atoms with Gasteiger partial charge in [-0.05, 0) is 55.8 Å². The van der Waals surface area contributed by atoms with Gasteiger partial charge in [-0.15, -0.1) is 0 Å². The summed E-state index contributed by atoms with van der Waals surface area (Å²) in [5.41, 5.74) is 3.59. The summed E-state index contributed by atoms with van der Waals surface area (Å²) in [6.45, 7) is 6.56. The van der Waals surface area contributed by atoms with Crippen molar-refractivity contribution in [1.82, 2.24) is 10.3 Å². The summed E-state index contributed by atoms with van der Waals surface area (Å²) >= 11 is 0. The smallest absolute Gasteiger partial charge is 0.0708 e. The first kappa shape index (κ1) is 13.6. The van der Waals surface area contributed by atoms with Gasteiger partial charge in [0.1, 0.15) is 0 Å². The van der Waals surface area contributed by atoms with E-state index in [0.29, 0.717) is 0 Å². The molecule has 1 aromatic carbocycles. The lowest BCUT2D eigenvalue weighted by Crippen LogP contribution is -2.21. The molecule has 2 heteroatoms. The van der Waals surface area contributed by atoms with Crippen LogP contribution in [0.2, 0.25) is 0 Å². The molecule has 106 valence electrons. The number of aryl methyl sites for hydroxylation is 1. The third-order valence-corrected chi connectivity index (χ3v) is 4.48. The number of hydrogen-bond donors (Lipinski definition) is 1. The summed E-state index contributed by atoms with van der Waals surface area (Å²) in [4.78, 5) is 4.60. The van der Waals surface area contributed by atoms with E-state index in [2.05, 4.69) is 54.5 Å². The predicted molar refractivity (Wildman–Crippen MR) is 84.7 cm³/mol. The van der Waals surface area contributed by atoms with Crippen LogP contribution in [0.4, 0.5) is 0 Å². The molecule has 1 aromatic heterocycles. The van der Waals surface area contributed by atoms with Crippen LogP contribution in [0, 0.1) is 18.8 Å². The molecule has 1 fully saturated rings. The van der Waals surface area contributed by atoms with Gasteiger partial charge in [-0.25, -0.2) is 0 Å². The SMILES string of the molecule is Cc1cc(CNCC2CCC(C)C2)c2ccccc2n1. The molecule has 2 unspecified atom stereocenters. The van der Waals surface area contributed by atoms with E-state index in [0.717, 1.165) is 36.1 Å². The minimum atomic E-state index is 0.874. The minimum Gasteiger partial charge on any atom is -0.312 e. The number of fused-ring (bicyclic) bond motifs is 1. The number of nitrogens with zero attached hydrogens (tertiary/aromatic N) is 1. The molecule has 2 aromatic rings. The molecule has 0 saturated heterocycles. The Kier molecular flexibility index (Phi) is 4.02. The molecule has 2 atom stereocenters. The van der Waals surface area contributed by atoms with Gasteiger partial charge in [0, 0.05) is 17.6 Å². The van der Waals surface area contributed by atoms with Crippen LogP contribution >= 0.6 is 0 Å². The van der Waals surface area contributed by atoms with Gasteiger partial charge >= 0.3 is 0 Å². The Bertz CT molecular complexity index is 591. The second-order valence-corrected chi connectivity index (χ2v) is 6.36. The van der Waals surface area contributed by atoms with Crippen molar-refractivity contribution in [2.75, 3.05) is 6.54 Å². The first-order valence-electron chi connectivity index (χ1n) is 7.78. The first-order chi connectivity index (χ1) is 9.72. The number of aromatic nitrogens is 1. The lowest BCUT2D eigenvalue weighted by atomic mass is 10.1.